The van der Waals surface area contributed by atoms with Crippen LogP contribution in [0.5, 0.6) is 0 Å². The van der Waals surface area contributed by atoms with E-state index < -0.39 is 9.84 Å². The molecule has 0 saturated carbocycles. The van der Waals surface area contributed by atoms with Gasteiger partial charge in [0.1, 0.15) is 0 Å². The predicted octanol–water partition coefficient (Wildman–Crippen LogP) is 1.82. The lowest BCUT2D eigenvalue weighted by Crippen LogP contribution is -2.09. The van der Waals surface area contributed by atoms with Crippen molar-refractivity contribution >= 4 is 9.84 Å². The third-order valence-electron chi connectivity index (χ3n) is 2.70. The van der Waals surface area contributed by atoms with Gasteiger partial charge >= 0.3 is 0 Å². The first kappa shape index (κ1) is 13.2. The quantitative estimate of drug-likeness (QED) is 0.800. The summed E-state index contributed by atoms with van der Waals surface area (Å²) in [6.45, 7) is 4.44. The van der Waals surface area contributed by atoms with E-state index in [4.69, 9.17) is 5.73 Å². The minimum absolute atomic E-state index is 0.187. The summed E-state index contributed by atoms with van der Waals surface area (Å²) in [5.41, 5.74) is 7.47. The molecule has 0 bridgehead atoms. The number of hydrogen-bond acceptors (Lipinski definition) is 3. The second-order valence-corrected chi connectivity index (χ2v) is 6.17. The number of hydrogen-bond donors (Lipinski definition) is 1. The van der Waals surface area contributed by atoms with Gasteiger partial charge in [0.05, 0.1) is 10.6 Å². The first-order valence-corrected chi connectivity index (χ1v) is 7.12. The molecule has 0 unspecified atom stereocenters. The van der Waals surface area contributed by atoms with Crippen LogP contribution in [0.25, 0.3) is 0 Å². The van der Waals surface area contributed by atoms with E-state index in [2.05, 4.69) is 0 Å². The number of rotatable bonds is 5. The second-order valence-electron chi connectivity index (χ2n) is 4.06. The number of nitrogens with two attached hydrogens (primary N) is 1. The lowest BCUT2D eigenvalue weighted by molar-refractivity contribution is 0.591. The molecule has 90 valence electrons. The molecule has 0 saturated heterocycles. The topological polar surface area (TPSA) is 60.2 Å². The molecule has 16 heavy (non-hydrogen) atoms. The zero-order chi connectivity index (χ0) is 12.2. The normalized spacial score (nSPS) is 11.7. The van der Waals surface area contributed by atoms with Crippen LogP contribution >= 0.6 is 0 Å². The standard InChI is InChI=1S/C12H19NO2S/c1-10-5-6-12(9-11(10)2)16(14,15)8-4-3-7-13/h5-6,9H,3-4,7-8,13H2,1-2H3. The van der Waals surface area contributed by atoms with Crippen LogP contribution in [0.2, 0.25) is 0 Å². The van der Waals surface area contributed by atoms with Crippen LogP contribution in [-0.2, 0) is 9.84 Å². The molecule has 0 aromatic heterocycles. The van der Waals surface area contributed by atoms with Crippen LogP contribution in [-0.4, -0.2) is 20.7 Å². The van der Waals surface area contributed by atoms with Gasteiger partial charge in [-0.2, -0.15) is 0 Å². The Balaban J connectivity index is 2.86. The molecule has 2 N–H and O–H groups in total. The summed E-state index contributed by atoms with van der Waals surface area (Å²) in [4.78, 5) is 0.424. The fourth-order valence-electron chi connectivity index (χ4n) is 1.46. The minimum atomic E-state index is -3.13. The zero-order valence-corrected chi connectivity index (χ0v) is 10.7. The zero-order valence-electron chi connectivity index (χ0n) is 9.86. The van der Waals surface area contributed by atoms with Gasteiger partial charge in [-0.3, -0.25) is 0 Å². The molecule has 1 aromatic carbocycles. The summed E-state index contributed by atoms with van der Waals surface area (Å²) in [6.07, 6.45) is 1.38. The van der Waals surface area contributed by atoms with Crippen LogP contribution in [0.15, 0.2) is 23.1 Å². The van der Waals surface area contributed by atoms with Gasteiger partial charge in [0, 0.05) is 0 Å². The van der Waals surface area contributed by atoms with E-state index in [1.807, 2.05) is 19.9 Å². The smallest absolute Gasteiger partial charge is 0.178 e. The minimum Gasteiger partial charge on any atom is -0.330 e. The van der Waals surface area contributed by atoms with Crippen LogP contribution in [0.4, 0.5) is 0 Å². The van der Waals surface area contributed by atoms with Gasteiger partial charge < -0.3 is 5.73 Å². The molecule has 0 fully saturated rings. The molecular weight excluding hydrogens is 222 g/mol. The van der Waals surface area contributed by atoms with E-state index in [0.717, 1.165) is 17.5 Å². The van der Waals surface area contributed by atoms with Crippen LogP contribution in [0.1, 0.15) is 24.0 Å². The molecule has 0 aliphatic carbocycles. The third kappa shape index (κ3) is 3.32. The van der Waals surface area contributed by atoms with Gasteiger partial charge in [0.25, 0.3) is 0 Å². The molecule has 0 amide bonds. The van der Waals surface area contributed by atoms with E-state index in [1.165, 1.54) is 0 Å². The Kier molecular flexibility index (Phi) is 4.50. The number of unbranched alkanes of at least 4 members (excludes halogenated alkanes) is 1. The maximum absolute atomic E-state index is 11.9. The molecule has 1 rings (SSSR count). The van der Waals surface area contributed by atoms with Crippen LogP contribution in [0.3, 0.4) is 0 Å². The first-order chi connectivity index (χ1) is 7.47. The monoisotopic (exact) mass is 241 g/mol. The van der Waals surface area contributed by atoms with Crippen molar-refractivity contribution < 1.29 is 8.42 Å². The van der Waals surface area contributed by atoms with Crippen molar-refractivity contribution in [1.29, 1.82) is 0 Å². The highest BCUT2D eigenvalue weighted by molar-refractivity contribution is 7.91. The summed E-state index contributed by atoms with van der Waals surface area (Å²) in [5, 5.41) is 0. The van der Waals surface area contributed by atoms with Crippen molar-refractivity contribution in [3.63, 3.8) is 0 Å². The van der Waals surface area contributed by atoms with Crippen molar-refractivity contribution in [2.24, 2.45) is 5.73 Å². The average molecular weight is 241 g/mol. The molecule has 3 nitrogen and oxygen atoms in total. The van der Waals surface area contributed by atoms with Gasteiger partial charge in [-0.15, -0.1) is 0 Å². The fourth-order valence-corrected chi connectivity index (χ4v) is 2.91. The van der Waals surface area contributed by atoms with E-state index in [1.54, 1.807) is 12.1 Å². The van der Waals surface area contributed by atoms with E-state index in [0.29, 0.717) is 17.9 Å². The summed E-state index contributed by atoms with van der Waals surface area (Å²) >= 11 is 0. The SMILES string of the molecule is Cc1ccc(S(=O)(=O)CCCCN)cc1C. The van der Waals surface area contributed by atoms with Crippen molar-refractivity contribution in [3.05, 3.63) is 29.3 Å². The first-order valence-electron chi connectivity index (χ1n) is 5.47. The van der Waals surface area contributed by atoms with Gasteiger partial charge in [-0.25, -0.2) is 8.42 Å². The van der Waals surface area contributed by atoms with Crippen molar-refractivity contribution in [1.82, 2.24) is 0 Å². The molecule has 0 spiro atoms. The van der Waals surface area contributed by atoms with E-state index in [9.17, 15) is 8.42 Å². The Morgan fingerprint density at radius 1 is 1.12 bits per heavy atom. The summed E-state index contributed by atoms with van der Waals surface area (Å²) in [5.74, 6) is 0.187. The van der Waals surface area contributed by atoms with E-state index >= 15 is 0 Å². The number of sulfone groups is 1. The second kappa shape index (κ2) is 5.46. The Bertz CT molecular complexity index is 452. The molecule has 0 aliphatic rings. The molecule has 0 aliphatic heterocycles. The molecule has 1 aromatic rings. The molecule has 0 atom stereocenters. The summed E-state index contributed by atoms with van der Waals surface area (Å²) in [6, 6.07) is 5.28. The highest BCUT2D eigenvalue weighted by Gasteiger charge is 2.14. The Morgan fingerprint density at radius 2 is 1.81 bits per heavy atom. The van der Waals surface area contributed by atoms with Gasteiger partial charge in [-0.05, 0) is 56.5 Å². The predicted molar refractivity (Wildman–Crippen MR) is 66.3 cm³/mol. The Hall–Kier alpha value is -0.870. The lowest BCUT2D eigenvalue weighted by Gasteiger charge is -2.06. The number of aryl methyl sites for hydroxylation is 2. The maximum atomic E-state index is 11.9. The van der Waals surface area contributed by atoms with Crippen LogP contribution < -0.4 is 5.73 Å². The fraction of sp³-hybridized carbons (Fsp3) is 0.500. The molecule has 4 heteroatoms. The van der Waals surface area contributed by atoms with Gasteiger partial charge in [0.15, 0.2) is 9.84 Å². The molecule has 0 radical (unpaired) electrons. The van der Waals surface area contributed by atoms with Crippen LogP contribution in [0, 0.1) is 13.8 Å². The lowest BCUT2D eigenvalue weighted by atomic mass is 10.1. The largest absolute Gasteiger partial charge is 0.330 e. The maximum Gasteiger partial charge on any atom is 0.178 e. The highest BCUT2D eigenvalue weighted by atomic mass is 32.2. The van der Waals surface area contributed by atoms with Crippen molar-refractivity contribution in [2.75, 3.05) is 12.3 Å². The highest BCUT2D eigenvalue weighted by Crippen LogP contribution is 2.16. The van der Waals surface area contributed by atoms with Gasteiger partial charge in [0.2, 0.25) is 0 Å². The Morgan fingerprint density at radius 3 is 2.38 bits per heavy atom. The number of benzene rings is 1. The van der Waals surface area contributed by atoms with Gasteiger partial charge in [-0.1, -0.05) is 6.07 Å². The molecular formula is C12H19NO2S. The summed E-state index contributed by atoms with van der Waals surface area (Å²) < 4.78 is 23.9. The third-order valence-corrected chi connectivity index (χ3v) is 4.50. The van der Waals surface area contributed by atoms with Crippen molar-refractivity contribution in [3.8, 4) is 0 Å². The molecule has 0 heterocycles. The van der Waals surface area contributed by atoms with Crippen molar-refractivity contribution in [2.45, 2.75) is 31.6 Å². The summed E-state index contributed by atoms with van der Waals surface area (Å²) in [7, 11) is -3.13. The van der Waals surface area contributed by atoms with E-state index in [-0.39, 0.29) is 5.75 Å². The average Bonchev–Trinajstić information content (AvgIpc) is 2.22. The Labute approximate surface area is 97.6 Å².